The summed E-state index contributed by atoms with van der Waals surface area (Å²) in [4.78, 5) is 20.9. The van der Waals surface area contributed by atoms with Crippen molar-refractivity contribution in [2.24, 2.45) is 5.92 Å². The van der Waals surface area contributed by atoms with Gasteiger partial charge in [0.05, 0.1) is 13.7 Å². The molecule has 106 valence electrons. The second-order valence-corrected chi connectivity index (χ2v) is 4.71. The van der Waals surface area contributed by atoms with Crippen LogP contribution in [0, 0.1) is 5.92 Å². The van der Waals surface area contributed by atoms with E-state index in [0.717, 1.165) is 19.3 Å². The summed E-state index contributed by atoms with van der Waals surface area (Å²) in [6.45, 7) is 4.86. The molecule has 1 heterocycles. The quantitative estimate of drug-likeness (QED) is 0.561. The molecule has 0 bridgehead atoms. The third kappa shape index (κ3) is 10.1. The third-order valence-electron chi connectivity index (χ3n) is 2.83. The SMILES string of the molecule is CC1CCC(=O)OC1.CCCCCCC(=O)OC. The fourth-order valence-electron chi connectivity index (χ4n) is 1.55. The van der Waals surface area contributed by atoms with E-state index >= 15 is 0 Å². The van der Waals surface area contributed by atoms with Gasteiger partial charge in [-0.05, 0) is 18.8 Å². The van der Waals surface area contributed by atoms with Crippen LogP contribution in [0.3, 0.4) is 0 Å². The van der Waals surface area contributed by atoms with Crippen molar-refractivity contribution in [1.29, 1.82) is 0 Å². The molecule has 4 heteroatoms. The number of esters is 2. The largest absolute Gasteiger partial charge is 0.469 e. The van der Waals surface area contributed by atoms with Gasteiger partial charge in [-0.3, -0.25) is 9.59 Å². The van der Waals surface area contributed by atoms with Gasteiger partial charge in [-0.25, -0.2) is 0 Å². The fraction of sp³-hybridized carbons (Fsp3) is 0.857. The summed E-state index contributed by atoms with van der Waals surface area (Å²) in [7, 11) is 1.43. The van der Waals surface area contributed by atoms with Crippen molar-refractivity contribution >= 4 is 11.9 Å². The fourth-order valence-corrected chi connectivity index (χ4v) is 1.55. The lowest BCUT2D eigenvalue weighted by Crippen LogP contribution is -2.18. The monoisotopic (exact) mass is 258 g/mol. The lowest BCUT2D eigenvalue weighted by Gasteiger charge is -2.16. The van der Waals surface area contributed by atoms with Crippen molar-refractivity contribution in [3.8, 4) is 0 Å². The third-order valence-corrected chi connectivity index (χ3v) is 2.83. The number of unbranched alkanes of at least 4 members (excludes halogenated alkanes) is 3. The van der Waals surface area contributed by atoms with Gasteiger partial charge in [0.2, 0.25) is 0 Å². The van der Waals surface area contributed by atoms with Crippen LogP contribution in [-0.4, -0.2) is 25.7 Å². The normalized spacial score (nSPS) is 18.4. The van der Waals surface area contributed by atoms with Gasteiger partial charge < -0.3 is 9.47 Å². The van der Waals surface area contributed by atoms with E-state index in [1.165, 1.54) is 20.0 Å². The Labute approximate surface area is 110 Å². The van der Waals surface area contributed by atoms with Crippen molar-refractivity contribution < 1.29 is 19.1 Å². The first-order valence-electron chi connectivity index (χ1n) is 6.82. The molecule has 18 heavy (non-hydrogen) atoms. The van der Waals surface area contributed by atoms with Crippen LogP contribution in [0.15, 0.2) is 0 Å². The van der Waals surface area contributed by atoms with Crippen molar-refractivity contribution in [1.82, 2.24) is 0 Å². The lowest BCUT2D eigenvalue weighted by atomic mass is 10.1. The summed E-state index contributed by atoms with van der Waals surface area (Å²) in [5.74, 6) is 0.451. The van der Waals surface area contributed by atoms with E-state index in [0.29, 0.717) is 25.4 Å². The molecule has 1 fully saturated rings. The number of rotatable bonds is 5. The minimum absolute atomic E-state index is 0.0388. The number of hydrogen-bond acceptors (Lipinski definition) is 4. The second-order valence-electron chi connectivity index (χ2n) is 4.71. The first kappa shape index (κ1) is 16.9. The van der Waals surface area contributed by atoms with Crippen LogP contribution < -0.4 is 0 Å². The Morgan fingerprint density at radius 1 is 1.39 bits per heavy atom. The summed E-state index contributed by atoms with van der Waals surface area (Å²) in [5, 5.41) is 0. The Morgan fingerprint density at radius 3 is 2.56 bits per heavy atom. The number of cyclic esters (lactones) is 1. The zero-order valence-corrected chi connectivity index (χ0v) is 11.9. The molecule has 0 amide bonds. The summed E-state index contributed by atoms with van der Waals surface area (Å²) in [6, 6.07) is 0. The molecule has 0 N–H and O–H groups in total. The molecule has 1 atom stereocenters. The number of ether oxygens (including phenoxy) is 2. The zero-order valence-electron chi connectivity index (χ0n) is 11.9. The van der Waals surface area contributed by atoms with Crippen LogP contribution in [0.1, 0.15) is 58.8 Å². The van der Waals surface area contributed by atoms with E-state index in [2.05, 4.69) is 18.6 Å². The molecule has 1 saturated heterocycles. The highest BCUT2D eigenvalue weighted by Crippen LogP contribution is 2.12. The highest BCUT2D eigenvalue weighted by molar-refractivity contribution is 5.70. The molecule has 1 aliphatic rings. The summed E-state index contributed by atoms with van der Waals surface area (Å²) in [6.07, 6.45) is 6.74. The highest BCUT2D eigenvalue weighted by Gasteiger charge is 2.14. The van der Waals surface area contributed by atoms with Gasteiger partial charge in [0.25, 0.3) is 0 Å². The predicted molar refractivity (Wildman–Crippen MR) is 70.1 cm³/mol. The smallest absolute Gasteiger partial charge is 0.305 e. The molecule has 1 rings (SSSR count). The van der Waals surface area contributed by atoms with Crippen molar-refractivity contribution in [3.05, 3.63) is 0 Å². The van der Waals surface area contributed by atoms with Gasteiger partial charge in [-0.2, -0.15) is 0 Å². The average Bonchev–Trinajstić information content (AvgIpc) is 2.38. The first-order valence-corrected chi connectivity index (χ1v) is 6.82. The van der Waals surface area contributed by atoms with E-state index in [1.54, 1.807) is 0 Å². The average molecular weight is 258 g/mol. The van der Waals surface area contributed by atoms with Crippen LogP contribution in [0.5, 0.6) is 0 Å². The predicted octanol–water partition coefficient (Wildman–Crippen LogP) is 3.09. The number of methoxy groups -OCH3 is 1. The second kappa shape index (κ2) is 11.1. The Kier molecular flexibility index (Phi) is 10.4. The van der Waals surface area contributed by atoms with E-state index in [1.807, 2.05) is 0 Å². The van der Waals surface area contributed by atoms with Crippen molar-refractivity contribution in [3.63, 3.8) is 0 Å². The van der Waals surface area contributed by atoms with Gasteiger partial charge in [-0.1, -0.05) is 33.1 Å². The Balaban J connectivity index is 0.000000327. The molecule has 0 aliphatic carbocycles. The summed E-state index contributed by atoms with van der Waals surface area (Å²) in [5.41, 5.74) is 0. The first-order chi connectivity index (χ1) is 8.60. The summed E-state index contributed by atoms with van der Waals surface area (Å²) >= 11 is 0. The number of carbonyl (C=O) groups is 2. The van der Waals surface area contributed by atoms with Gasteiger partial charge in [-0.15, -0.1) is 0 Å². The van der Waals surface area contributed by atoms with Gasteiger partial charge in [0, 0.05) is 12.8 Å². The Morgan fingerprint density at radius 2 is 2.11 bits per heavy atom. The van der Waals surface area contributed by atoms with E-state index in [-0.39, 0.29) is 11.9 Å². The maximum absolute atomic E-state index is 10.6. The summed E-state index contributed by atoms with van der Waals surface area (Å²) < 4.78 is 9.24. The minimum Gasteiger partial charge on any atom is -0.469 e. The van der Waals surface area contributed by atoms with Crippen LogP contribution in [0.4, 0.5) is 0 Å². The van der Waals surface area contributed by atoms with Crippen LogP contribution in [-0.2, 0) is 19.1 Å². The molecule has 0 spiro atoms. The minimum atomic E-state index is -0.0869. The van der Waals surface area contributed by atoms with Crippen LogP contribution in [0.2, 0.25) is 0 Å². The molecule has 1 unspecified atom stereocenters. The Hall–Kier alpha value is -1.06. The molecule has 0 aromatic heterocycles. The number of carbonyl (C=O) groups excluding carboxylic acids is 2. The van der Waals surface area contributed by atoms with E-state index in [9.17, 15) is 9.59 Å². The standard InChI is InChI=1S/C8H16O2.C6H10O2/c1-3-4-5-6-7-8(9)10-2;1-5-2-3-6(7)8-4-5/h3-7H2,1-2H3;5H,2-4H2,1H3. The highest BCUT2D eigenvalue weighted by atomic mass is 16.5. The topological polar surface area (TPSA) is 52.6 Å². The zero-order chi connectivity index (χ0) is 13.8. The van der Waals surface area contributed by atoms with Gasteiger partial charge in [0.1, 0.15) is 0 Å². The van der Waals surface area contributed by atoms with Gasteiger partial charge in [0.15, 0.2) is 0 Å². The maximum Gasteiger partial charge on any atom is 0.305 e. The molecular formula is C14H26O4. The van der Waals surface area contributed by atoms with E-state index in [4.69, 9.17) is 4.74 Å². The molecule has 4 nitrogen and oxygen atoms in total. The molecular weight excluding hydrogens is 232 g/mol. The molecule has 0 aromatic carbocycles. The van der Waals surface area contributed by atoms with Crippen LogP contribution in [0.25, 0.3) is 0 Å². The molecule has 0 saturated carbocycles. The van der Waals surface area contributed by atoms with E-state index < -0.39 is 0 Å². The van der Waals surface area contributed by atoms with Crippen LogP contribution >= 0.6 is 0 Å². The maximum atomic E-state index is 10.6. The Bertz CT molecular complexity index is 228. The number of hydrogen-bond donors (Lipinski definition) is 0. The van der Waals surface area contributed by atoms with Crippen molar-refractivity contribution in [2.75, 3.05) is 13.7 Å². The molecule has 0 aromatic rings. The van der Waals surface area contributed by atoms with Crippen molar-refractivity contribution in [2.45, 2.75) is 58.8 Å². The molecule has 0 radical (unpaired) electrons. The lowest BCUT2D eigenvalue weighted by molar-refractivity contribution is -0.149. The van der Waals surface area contributed by atoms with Gasteiger partial charge >= 0.3 is 11.9 Å². The molecule has 1 aliphatic heterocycles.